The Morgan fingerprint density at radius 1 is 1.40 bits per heavy atom. The number of nitrogens with one attached hydrogen (secondary N) is 1. The molecule has 2 heterocycles. The largest absolute Gasteiger partial charge is 0.354 e. The second-order valence-corrected chi connectivity index (χ2v) is 6.78. The first-order valence-electron chi connectivity index (χ1n) is 7.25. The van der Waals surface area contributed by atoms with Gasteiger partial charge >= 0.3 is 0 Å². The first-order valence-corrected chi connectivity index (χ1v) is 7.25. The van der Waals surface area contributed by atoms with Crippen LogP contribution in [0.5, 0.6) is 0 Å². The zero-order chi connectivity index (χ0) is 15.0. The molecule has 1 aromatic heterocycles. The van der Waals surface area contributed by atoms with Crippen LogP contribution < -0.4 is 5.32 Å². The van der Waals surface area contributed by atoms with E-state index in [-0.39, 0.29) is 5.54 Å². The monoisotopic (exact) mass is 277 g/mol. The van der Waals surface area contributed by atoms with Gasteiger partial charge in [0.15, 0.2) is 5.96 Å². The molecular weight excluding hydrogens is 250 g/mol. The maximum absolute atomic E-state index is 4.41. The topological polar surface area (TPSA) is 45.5 Å². The van der Waals surface area contributed by atoms with Gasteiger partial charge in [-0.1, -0.05) is 13.8 Å². The molecule has 0 atom stereocenters. The van der Waals surface area contributed by atoms with Gasteiger partial charge in [-0.25, -0.2) is 0 Å². The molecule has 5 heteroatoms. The maximum atomic E-state index is 4.41. The van der Waals surface area contributed by atoms with E-state index >= 15 is 0 Å². The molecule has 112 valence electrons. The van der Waals surface area contributed by atoms with Gasteiger partial charge in [0, 0.05) is 37.3 Å². The molecule has 5 nitrogen and oxygen atoms in total. The van der Waals surface area contributed by atoms with Gasteiger partial charge < -0.3 is 10.2 Å². The van der Waals surface area contributed by atoms with E-state index in [4.69, 9.17) is 0 Å². The molecule has 0 aliphatic carbocycles. The summed E-state index contributed by atoms with van der Waals surface area (Å²) in [6.07, 6.45) is 3.94. The summed E-state index contributed by atoms with van der Waals surface area (Å²) in [4.78, 5) is 6.76. The first-order chi connectivity index (χ1) is 9.28. The summed E-state index contributed by atoms with van der Waals surface area (Å²) >= 11 is 0. The normalized spacial score (nSPS) is 20.7. The molecule has 1 aliphatic heterocycles. The smallest absolute Gasteiger partial charge is 0.194 e. The molecule has 1 saturated heterocycles. The second kappa shape index (κ2) is 5.11. The van der Waals surface area contributed by atoms with Crippen LogP contribution in [-0.4, -0.2) is 46.3 Å². The van der Waals surface area contributed by atoms with Crippen LogP contribution in [0.15, 0.2) is 17.4 Å². The van der Waals surface area contributed by atoms with Crippen LogP contribution in [0.25, 0.3) is 0 Å². The SMILES string of the molecule is CN=C(NCCn1cc(C)cn1)N1CC(C)(C)C1(C)C. The number of hydrogen-bond donors (Lipinski definition) is 1. The highest BCUT2D eigenvalue weighted by Gasteiger charge is 2.53. The van der Waals surface area contributed by atoms with Crippen molar-refractivity contribution in [3.8, 4) is 0 Å². The highest BCUT2D eigenvalue weighted by molar-refractivity contribution is 5.81. The van der Waals surface area contributed by atoms with Gasteiger partial charge in [0.25, 0.3) is 0 Å². The average Bonchev–Trinajstić information content (AvgIpc) is 2.78. The van der Waals surface area contributed by atoms with Crippen molar-refractivity contribution in [1.82, 2.24) is 20.0 Å². The zero-order valence-corrected chi connectivity index (χ0v) is 13.6. The van der Waals surface area contributed by atoms with Crippen LogP contribution in [-0.2, 0) is 6.54 Å². The van der Waals surface area contributed by atoms with Crippen LogP contribution in [0.4, 0.5) is 0 Å². The lowest BCUT2D eigenvalue weighted by Gasteiger charge is -2.62. The Bertz CT molecular complexity index is 498. The van der Waals surface area contributed by atoms with Gasteiger partial charge in [0.2, 0.25) is 0 Å². The van der Waals surface area contributed by atoms with Crippen molar-refractivity contribution in [2.24, 2.45) is 10.4 Å². The van der Waals surface area contributed by atoms with Crippen molar-refractivity contribution in [2.45, 2.75) is 46.7 Å². The molecule has 0 unspecified atom stereocenters. The lowest BCUT2D eigenvalue weighted by atomic mass is 9.65. The summed E-state index contributed by atoms with van der Waals surface area (Å²) in [6.45, 7) is 14.0. The van der Waals surface area contributed by atoms with Crippen LogP contribution in [0, 0.1) is 12.3 Å². The Hall–Kier alpha value is -1.52. The molecule has 0 bridgehead atoms. The number of aromatic nitrogens is 2. The Balaban J connectivity index is 1.88. The van der Waals surface area contributed by atoms with Gasteiger partial charge in [0.1, 0.15) is 0 Å². The highest BCUT2D eigenvalue weighted by Crippen LogP contribution is 2.46. The molecule has 1 fully saturated rings. The van der Waals surface area contributed by atoms with Gasteiger partial charge in [-0.2, -0.15) is 5.10 Å². The van der Waals surface area contributed by atoms with E-state index in [1.807, 2.05) is 17.9 Å². The minimum Gasteiger partial charge on any atom is -0.354 e. The Labute approximate surface area is 122 Å². The molecule has 20 heavy (non-hydrogen) atoms. The Kier molecular flexibility index (Phi) is 3.80. The van der Waals surface area contributed by atoms with Crippen molar-refractivity contribution in [1.29, 1.82) is 0 Å². The third-order valence-electron chi connectivity index (χ3n) is 4.74. The summed E-state index contributed by atoms with van der Waals surface area (Å²) in [7, 11) is 1.85. The van der Waals surface area contributed by atoms with Crippen molar-refractivity contribution in [3.63, 3.8) is 0 Å². The fourth-order valence-electron chi connectivity index (χ4n) is 2.57. The number of aryl methyl sites for hydroxylation is 1. The fourth-order valence-corrected chi connectivity index (χ4v) is 2.57. The van der Waals surface area contributed by atoms with Crippen LogP contribution in [0.2, 0.25) is 0 Å². The lowest BCUT2D eigenvalue weighted by Crippen LogP contribution is -2.72. The third-order valence-corrected chi connectivity index (χ3v) is 4.74. The van der Waals surface area contributed by atoms with Gasteiger partial charge in [-0.3, -0.25) is 9.67 Å². The highest BCUT2D eigenvalue weighted by atomic mass is 15.4. The standard InChI is InChI=1S/C15H27N5/c1-12-9-18-19(10-12)8-7-17-13(16-6)20-11-14(2,3)15(20,4)5/h9-10H,7-8,11H2,1-6H3,(H,16,17). The molecule has 0 saturated carbocycles. The van der Waals surface area contributed by atoms with Gasteiger partial charge in [-0.15, -0.1) is 0 Å². The Morgan fingerprint density at radius 2 is 2.10 bits per heavy atom. The number of aliphatic imine (C=N–C) groups is 1. The third kappa shape index (κ3) is 2.53. The van der Waals surface area contributed by atoms with E-state index in [1.165, 1.54) is 5.56 Å². The quantitative estimate of drug-likeness (QED) is 0.678. The molecule has 2 rings (SSSR count). The van der Waals surface area contributed by atoms with Crippen LogP contribution in [0.1, 0.15) is 33.3 Å². The first kappa shape index (κ1) is 14.9. The molecular formula is C15H27N5. The molecule has 1 N–H and O–H groups in total. The summed E-state index contributed by atoms with van der Waals surface area (Å²) in [5, 5.41) is 7.73. The van der Waals surface area contributed by atoms with E-state index in [9.17, 15) is 0 Å². The molecule has 1 aliphatic rings. The molecule has 0 aromatic carbocycles. The predicted octanol–water partition coefficient (Wildman–Crippen LogP) is 1.89. The summed E-state index contributed by atoms with van der Waals surface area (Å²) < 4.78 is 1.96. The van der Waals surface area contributed by atoms with E-state index in [0.29, 0.717) is 5.41 Å². The van der Waals surface area contributed by atoms with Crippen molar-refractivity contribution in [2.75, 3.05) is 20.1 Å². The number of guanidine groups is 1. The van der Waals surface area contributed by atoms with Crippen molar-refractivity contribution < 1.29 is 0 Å². The van der Waals surface area contributed by atoms with Crippen molar-refractivity contribution in [3.05, 3.63) is 18.0 Å². The summed E-state index contributed by atoms with van der Waals surface area (Å²) in [6, 6.07) is 0. The average molecular weight is 277 g/mol. The van der Waals surface area contributed by atoms with Crippen LogP contribution in [0.3, 0.4) is 0 Å². The van der Waals surface area contributed by atoms with Crippen LogP contribution >= 0.6 is 0 Å². The molecule has 0 radical (unpaired) electrons. The Morgan fingerprint density at radius 3 is 2.55 bits per heavy atom. The number of rotatable bonds is 3. The van der Waals surface area contributed by atoms with Crippen molar-refractivity contribution >= 4 is 5.96 Å². The minimum absolute atomic E-state index is 0.136. The van der Waals surface area contributed by atoms with Gasteiger partial charge in [0.05, 0.1) is 12.7 Å². The molecule has 0 spiro atoms. The van der Waals surface area contributed by atoms with E-state index < -0.39 is 0 Å². The number of hydrogen-bond acceptors (Lipinski definition) is 2. The fraction of sp³-hybridized carbons (Fsp3) is 0.733. The van der Waals surface area contributed by atoms with E-state index in [1.54, 1.807) is 0 Å². The summed E-state index contributed by atoms with van der Waals surface area (Å²) in [5.74, 6) is 0.984. The molecule has 1 aromatic rings. The number of nitrogens with zero attached hydrogens (tertiary/aromatic N) is 4. The number of likely N-dealkylation sites (tertiary alicyclic amines) is 1. The minimum atomic E-state index is 0.136. The maximum Gasteiger partial charge on any atom is 0.194 e. The summed E-state index contributed by atoms with van der Waals surface area (Å²) in [5.41, 5.74) is 1.65. The van der Waals surface area contributed by atoms with Gasteiger partial charge in [-0.05, 0) is 26.3 Å². The lowest BCUT2D eigenvalue weighted by molar-refractivity contribution is -0.0667. The molecule has 0 amide bonds. The zero-order valence-electron chi connectivity index (χ0n) is 13.6. The van der Waals surface area contributed by atoms with E-state index in [0.717, 1.165) is 25.6 Å². The van der Waals surface area contributed by atoms with E-state index in [2.05, 4.69) is 61.1 Å². The predicted molar refractivity (Wildman–Crippen MR) is 82.9 cm³/mol. The second-order valence-electron chi connectivity index (χ2n) is 6.78.